The van der Waals surface area contributed by atoms with Crippen LogP contribution < -0.4 is 10.1 Å². The van der Waals surface area contributed by atoms with Crippen LogP contribution in [0, 0.1) is 26.7 Å². The SMILES string of the molecule is Cc1ccc(-c2c(C)cc(OCC(C)CCc3ccc(C(=O)NCCC(=O)O)s3)cc2C)cc1. The number of thiophene rings is 1. The molecule has 180 valence electrons. The fraction of sp³-hybridized carbons (Fsp3) is 0.357. The zero-order valence-corrected chi connectivity index (χ0v) is 21.1. The Morgan fingerprint density at radius 3 is 2.35 bits per heavy atom. The highest BCUT2D eigenvalue weighted by atomic mass is 32.1. The van der Waals surface area contributed by atoms with Crippen molar-refractivity contribution in [3.05, 3.63) is 75.0 Å². The molecular formula is C28H33NO4S. The number of hydrogen-bond acceptors (Lipinski definition) is 4. The Morgan fingerprint density at radius 1 is 1.03 bits per heavy atom. The fourth-order valence-electron chi connectivity index (χ4n) is 3.90. The third-order valence-electron chi connectivity index (χ3n) is 5.77. The van der Waals surface area contributed by atoms with Crippen LogP contribution in [0.25, 0.3) is 11.1 Å². The summed E-state index contributed by atoms with van der Waals surface area (Å²) in [5, 5.41) is 11.3. The lowest BCUT2D eigenvalue weighted by Gasteiger charge is -2.16. The van der Waals surface area contributed by atoms with E-state index < -0.39 is 5.97 Å². The van der Waals surface area contributed by atoms with Gasteiger partial charge in [0.15, 0.2) is 0 Å². The van der Waals surface area contributed by atoms with Crippen molar-refractivity contribution in [2.45, 2.75) is 47.0 Å². The van der Waals surface area contributed by atoms with Crippen molar-refractivity contribution < 1.29 is 19.4 Å². The molecule has 1 unspecified atom stereocenters. The van der Waals surface area contributed by atoms with Gasteiger partial charge in [0.2, 0.25) is 0 Å². The normalized spacial score (nSPS) is 11.8. The Balaban J connectivity index is 1.49. The number of rotatable bonds is 11. The Labute approximate surface area is 205 Å². The average Bonchev–Trinajstić information content (AvgIpc) is 3.26. The number of nitrogens with one attached hydrogen (secondary N) is 1. The molecule has 0 aliphatic carbocycles. The molecule has 0 bridgehead atoms. The number of carboxylic acid groups (broad SMARTS) is 1. The quantitative estimate of drug-likeness (QED) is 0.344. The first kappa shape index (κ1) is 25.5. The maximum Gasteiger partial charge on any atom is 0.305 e. The molecule has 1 aromatic heterocycles. The summed E-state index contributed by atoms with van der Waals surface area (Å²) in [7, 11) is 0. The molecule has 3 aromatic rings. The molecule has 2 N–H and O–H groups in total. The van der Waals surface area contributed by atoms with Crippen molar-refractivity contribution in [1.82, 2.24) is 5.32 Å². The molecule has 6 heteroatoms. The molecule has 0 saturated carbocycles. The summed E-state index contributed by atoms with van der Waals surface area (Å²) in [6.45, 7) is 9.31. The van der Waals surface area contributed by atoms with Crippen molar-refractivity contribution in [3.63, 3.8) is 0 Å². The molecule has 3 rings (SSSR count). The molecule has 34 heavy (non-hydrogen) atoms. The standard InChI is InChI=1S/C28H33NO4S/c1-18-5-8-22(9-6-18)27-20(3)15-23(16-21(27)4)33-17-19(2)7-10-24-11-12-25(34-24)28(32)29-14-13-26(30)31/h5-6,8-9,11-12,15-16,19H,7,10,13-14,17H2,1-4H3,(H,29,32)(H,30,31). The Morgan fingerprint density at radius 2 is 1.71 bits per heavy atom. The molecule has 1 heterocycles. The lowest BCUT2D eigenvalue weighted by molar-refractivity contribution is -0.136. The first-order valence-corrected chi connectivity index (χ1v) is 12.4. The number of carboxylic acids is 1. The minimum Gasteiger partial charge on any atom is -0.493 e. The number of aryl methyl sites for hydroxylation is 4. The first-order valence-electron chi connectivity index (χ1n) is 11.6. The van der Waals surface area contributed by atoms with E-state index in [4.69, 9.17) is 9.84 Å². The van der Waals surface area contributed by atoms with Crippen LogP contribution in [0.15, 0.2) is 48.5 Å². The van der Waals surface area contributed by atoms with Gasteiger partial charge in [0.05, 0.1) is 17.9 Å². The summed E-state index contributed by atoms with van der Waals surface area (Å²) in [4.78, 5) is 24.4. The molecule has 0 fully saturated rings. The molecule has 5 nitrogen and oxygen atoms in total. The van der Waals surface area contributed by atoms with Gasteiger partial charge < -0.3 is 15.2 Å². The topological polar surface area (TPSA) is 75.6 Å². The number of carbonyl (C=O) groups is 2. The largest absolute Gasteiger partial charge is 0.493 e. The third-order valence-corrected chi connectivity index (χ3v) is 6.92. The molecule has 0 radical (unpaired) electrons. The predicted octanol–water partition coefficient (Wildman–Crippen LogP) is 6.19. The summed E-state index contributed by atoms with van der Waals surface area (Å²) in [5.74, 6) is 0.131. The zero-order chi connectivity index (χ0) is 24.7. The maximum absolute atomic E-state index is 12.1. The van der Waals surface area contributed by atoms with E-state index in [1.165, 1.54) is 39.2 Å². The van der Waals surface area contributed by atoms with Crippen molar-refractivity contribution in [1.29, 1.82) is 0 Å². The molecular weight excluding hydrogens is 446 g/mol. The monoisotopic (exact) mass is 479 g/mol. The van der Waals surface area contributed by atoms with E-state index in [0.29, 0.717) is 17.4 Å². The van der Waals surface area contributed by atoms with Crippen molar-refractivity contribution in [2.24, 2.45) is 5.92 Å². The minimum absolute atomic E-state index is 0.0742. The van der Waals surface area contributed by atoms with Crippen LogP contribution in [0.2, 0.25) is 0 Å². The van der Waals surface area contributed by atoms with Crippen LogP contribution in [0.1, 0.15) is 51.0 Å². The summed E-state index contributed by atoms with van der Waals surface area (Å²) >= 11 is 1.46. The van der Waals surface area contributed by atoms with Crippen molar-refractivity contribution in [2.75, 3.05) is 13.2 Å². The molecule has 0 aliphatic heterocycles. The second kappa shape index (κ2) is 11.8. The number of aliphatic carboxylic acids is 1. The number of ether oxygens (including phenoxy) is 1. The maximum atomic E-state index is 12.1. The van der Waals surface area contributed by atoms with E-state index in [9.17, 15) is 9.59 Å². The third kappa shape index (κ3) is 7.19. The number of benzene rings is 2. The summed E-state index contributed by atoms with van der Waals surface area (Å²) in [5.41, 5.74) is 6.16. The molecule has 1 amide bonds. The molecule has 0 aliphatic rings. The molecule has 2 aromatic carbocycles. The van der Waals surface area contributed by atoms with Gasteiger partial charge >= 0.3 is 5.97 Å². The van der Waals surface area contributed by atoms with Gasteiger partial charge in [-0.2, -0.15) is 0 Å². The highest BCUT2D eigenvalue weighted by molar-refractivity contribution is 7.14. The van der Waals surface area contributed by atoms with Gasteiger partial charge in [0.1, 0.15) is 5.75 Å². The van der Waals surface area contributed by atoms with E-state index in [0.717, 1.165) is 23.5 Å². The second-order valence-corrected chi connectivity index (χ2v) is 10.1. The molecule has 0 saturated heterocycles. The van der Waals surface area contributed by atoms with Crippen LogP contribution in [-0.4, -0.2) is 30.1 Å². The number of hydrogen-bond donors (Lipinski definition) is 2. The van der Waals surface area contributed by atoms with E-state index in [1.54, 1.807) is 6.07 Å². The van der Waals surface area contributed by atoms with Crippen LogP contribution in [0.3, 0.4) is 0 Å². The average molecular weight is 480 g/mol. The van der Waals surface area contributed by atoms with Crippen LogP contribution in [0.4, 0.5) is 0 Å². The summed E-state index contributed by atoms with van der Waals surface area (Å²) in [6.07, 6.45) is 1.76. The van der Waals surface area contributed by atoms with E-state index in [2.05, 4.69) is 69.4 Å². The predicted molar refractivity (Wildman–Crippen MR) is 138 cm³/mol. The van der Waals surface area contributed by atoms with Crippen LogP contribution >= 0.6 is 11.3 Å². The smallest absolute Gasteiger partial charge is 0.305 e. The van der Waals surface area contributed by atoms with Gasteiger partial charge in [-0.1, -0.05) is 36.8 Å². The highest BCUT2D eigenvalue weighted by Crippen LogP contribution is 2.31. The van der Waals surface area contributed by atoms with Crippen LogP contribution in [0.5, 0.6) is 5.75 Å². The molecule has 1 atom stereocenters. The van der Waals surface area contributed by atoms with Crippen LogP contribution in [-0.2, 0) is 11.2 Å². The fourth-order valence-corrected chi connectivity index (χ4v) is 4.84. The van der Waals surface area contributed by atoms with E-state index >= 15 is 0 Å². The summed E-state index contributed by atoms with van der Waals surface area (Å²) in [6, 6.07) is 16.6. The van der Waals surface area contributed by atoms with E-state index in [1.807, 2.05) is 6.07 Å². The lowest BCUT2D eigenvalue weighted by atomic mass is 9.95. The van der Waals surface area contributed by atoms with Crippen molar-refractivity contribution >= 4 is 23.2 Å². The van der Waals surface area contributed by atoms with Gasteiger partial charge in [-0.25, -0.2) is 0 Å². The summed E-state index contributed by atoms with van der Waals surface area (Å²) < 4.78 is 6.13. The lowest BCUT2D eigenvalue weighted by Crippen LogP contribution is -2.25. The van der Waals surface area contributed by atoms with Crippen molar-refractivity contribution in [3.8, 4) is 16.9 Å². The van der Waals surface area contributed by atoms with Gasteiger partial charge in [-0.15, -0.1) is 11.3 Å². The Kier molecular flexibility index (Phi) is 8.88. The van der Waals surface area contributed by atoms with Gasteiger partial charge in [0.25, 0.3) is 5.91 Å². The zero-order valence-electron chi connectivity index (χ0n) is 20.3. The van der Waals surface area contributed by atoms with Gasteiger partial charge in [-0.3, -0.25) is 9.59 Å². The number of carbonyl (C=O) groups excluding carboxylic acids is 1. The Bertz CT molecular complexity index is 1110. The number of amides is 1. The van der Waals surface area contributed by atoms with Gasteiger partial charge in [0, 0.05) is 11.4 Å². The second-order valence-electron chi connectivity index (χ2n) is 8.92. The van der Waals surface area contributed by atoms with Gasteiger partial charge in [-0.05, 0) is 86.1 Å². The molecule has 0 spiro atoms. The minimum atomic E-state index is -0.920. The Hall–Kier alpha value is -3.12. The highest BCUT2D eigenvalue weighted by Gasteiger charge is 2.12. The van der Waals surface area contributed by atoms with E-state index in [-0.39, 0.29) is 18.9 Å². The first-order chi connectivity index (χ1) is 16.2.